The van der Waals surface area contributed by atoms with Crippen LogP contribution in [0.1, 0.15) is 44.7 Å². The molecule has 2 rings (SSSR count). The lowest BCUT2D eigenvalue weighted by molar-refractivity contribution is 0.0206. The number of nitrogens with one attached hydrogen (secondary N) is 1. The number of piperidine rings is 1. The third-order valence-corrected chi connectivity index (χ3v) is 4.24. The minimum absolute atomic E-state index is 0.220. The number of aryl methyl sites for hydroxylation is 1. The Morgan fingerprint density at radius 2 is 2.00 bits per heavy atom. The summed E-state index contributed by atoms with van der Waals surface area (Å²) < 4.78 is 11.0. The van der Waals surface area contributed by atoms with Crippen LogP contribution in [0.2, 0.25) is 0 Å². The van der Waals surface area contributed by atoms with Gasteiger partial charge < -0.3 is 19.7 Å². The number of ether oxygens (including phenoxy) is 2. The molecule has 1 aromatic carbocycles. The topological polar surface area (TPSA) is 50.8 Å². The summed E-state index contributed by atoms with van der Waals surface area (Å²) in [5.41, 5.74) is 2.83. The fraction of sp³-hybridized carbons (Fsp3) is 0.632. The highest BCUT2D eigenvalue weighted by atomic mass is 16.6. The predicted octanol–water partition coefficient (Wildman–Crippen LogP) is 4.12. The summed E-state index contributed by atoms with van der Waals surface area (Å²) in [6.07, 6.45) is 1.78. The number of benzene rings is 1. The van der Waals surface area contributed by atoms with Crippen molar-refractivity contribution >= 4 is 11.8 Å². The van der Waals surface area contributed by atoms with Crippen LogP contribution in [-0.4, -0.2) is 42.8 Å². The van der Waals surface area contributed by atoms with Gasteiger partial charge in [0.05, 0.1) is 7.11 Å². The molecule has 1 saturated heterocycles. The van der Waals surface area contributed by atoms with Gasteiger partial charge in [-0.15, -0.1) is 0 Å². The second kappa shape index (κ2) is 7.32. The van der Waals surface area contributed by atoms with Gasteiger partial charge in [0.15, 0.2) is 0 Å². The normalized spacial score (nSPS) is 18.2. The van der Waals surface area contributed by atoms with Crippen molar-refractivity contribution in [1.29, 1.82) is 0 Å². The number of carbonyl (C=O) groups excluding carboxylic acids is 1. The van der Waals surface area contributed by atoms with Gasteiger partial charge in [0.2, 0.25) is 0 Å². The van der Waals surface area contributed by atoms with E-state index in [4.69, 9.17) is 9.47 Å². The molecule has 0 radical (unpaired) electrons. The average molecular weight is 334 g/mol. The molecule has 1 aliphatic rings. The summed E-state index contributed by atoms with van der Waals surface area (Å²) in [5.74, 6) is 0.916. The van der Waals surface area contributed by atoms with Crippen LogP contribution in [0.25, 0.3) is 0 Å². The zero-order valence-electron chi connectivity index (χ0n) is 15.7. The summed E-state index contributed by atoms with van der Waals surface area (Å²) >= 11 is 0. The van der Waals surface area contributed by atoms with Crippen molar-refractivity contribution in [2.24, 2.45) is 0 Å². The molecule has 1 N–H and O–H groups in total. The number of hydrogen-bond donors (Lipinski definition) is 1. The number of anilines is 1. The van der Waals surface area contributed by atoms with Crippen LogP contribution in [-0.2, 0) is 4.74 Å². The number of carbonyl (C=O) groups is 1. The molecule has 134 valence electrons. The van der Waals surface area contributed by atoms with E-state index in [1.807, 2.05) is 27.7 Å². The molecular weight excluding hydrogens is 304 g/mol. The van der Waals surface area contributed by atoms with Crippen molar-refractivity contribution in [2.45, 2.75) is 59.1 Å². The molecule has 1 amide bonds. The summed E-state index contributed by atoms with van der Waals surface area (Å²) in [7, 11) is 1.70. The molecule has 0 aliphatic carbocycles. The van der Waals surface area contributed by atoms with E-state index < -0.39 is 5.60 Å². The molecule has 5 nitrogen and oxygen atoms in total. The van der Waals surface area contributed by atoms with Crippen LogP contribution in [0, 0.1) is 13.8 Å². The van der Waals surface area contributed by atoms with Gasteiger partial charge in [-0.3, -0.25) is 0 Å². The number of nitrogens with zero attached hydrogens (tertiary/aromatic N) is 1. The van der Waals surface area contributed by atoms with Gasteiger partial charge in [-0.1, -0.05) is 6.07 Å². The first-order chi connectivity index (χ1) is 11.2. The highest BCUT2D eigenvalue weighted by molar-refractivity contribution is 5.68. The molecular formula is C19H30N2O3. The fourth-order valence-corrected chi connectivity index (χ4v) is 3.10. The summed E-state index contributed by atoms with van der Waals surface area (Å²) in [6.45, 7) is 11.2. The van der Waals surface area contributed by atoms with Gasteiger partial charge in [-0.25, -0.2) is 4.79 Å². The lowest BCUT2D eigenvalue weighted by Crippen LogP contribution is -2.47. The summed E-state index contributed by atoms with van der Waals surface area (Å²) in [5, 5.41) is 3.57. The van der Waals surface area contributed by atoms with E-state index in [-0.39, 0.29) is 12.1 Å². The number of rotatable bonds is 3. The van der Waals surface area contributed by atoms with Crippen LogP contribution in [0.15, 0.2) is 12.1 Å². The highest BCUT2D eigenvalue weighted by Crippen LogP contribution is 2.30. The molecule has 1 aliphatic heterocycles. The Balaban J connectivity index is 2.05. The Labute approximate surface area is 145 Å². The zero-order chi connectivity index (χ0) is 17.9. The van der Waals surface area contributed by atoms with Gasteiger partial charge in [-0.2, -0.15) is 0 Å². The Hall–Kier alpha value is -1.91. The molecule has 1 unspecified atom stereocenters. The van der Waals surface area contributed by atoms with Crippen molar-refractivity contribution < 1.29 is 14.3 Å². The van der Waals surface area contributed by atoms with Crippen LogP contribution in [0.4, 0.5) is 10.5 Å². The standard InChI is InChI=1S/C19H30N2O3/c1-13-9-10-16(14(2)17(13)23-6)20-15-8-7-11-21(12-15)18(22)24-19(3,4)5/h9-10,15,20H,7-8,11-12H2,1-6H3. The Kier molecular flexibility index (Phi) is 5.62. The maximum absolute atomic E-state index is 12.3. The van der Waals surface area contributed by atoms with Crippen LogP contribution < -0.4 is 10.1 Å². The van der Waals surface area contributed by atoms with Gasteiger partial charge in [0.1, 0.15) is 11.4 Å². The Morgan fingerprint density at radius 3 is 2.62 bits per heavy atom. The van der Waals surface area contributed by atoms with Crippen LogP contribution >= 0.6 is 0 Å². The second-order valence-electron chi connectivity index (χ2n) is 7.50. The van der Waals surface area contributed by atoms with Crippen molar-refractivity contribution in [2.75, 3.05) is 25.5 Å². The van der Waals surface area contributed by atoms with Gasteiger partial charge >= 0.3 is 6.09 Å². The summed E-state index contributed by atoms with van der Waals surface area (Å²) in [4.78, 5) is 14.1. The molecule has 1 atom stereocenters. The average Bonchev–Trinajstić information content (AvgIpc) is 2.49. The molecule has 1 aromatic rings. The van der Waals surface area contributed by atoms with Crippen molar-refractivity contribution in [3.63, 3.8) is 0 Å². The van der Waals surface area contributed by atoms with Crippen LogP contribution in [0.3, 0.4) is 0 Å². The minimum atomic E-state index is -0.460. The predicted molar refractivity (Wildman–Crippen MR) is 96.9 cm³/mol. The van der Waals surface area contributed by atoms with Gasteiger partial charge in [0, 0.05) is 30.4 Å². The molecule has 0 saturated carbocycles. The second-order valence-corrected chi connectivity index (χ2v) is 7.50. The molecule has 1 heterocycles. The lowest BCUT2D eigenvalue weighted by atomic mass is 10.0. The lowest BCUT2D eigenvalue weighted by Gasteiger charge is -2.35. The Bertz CT molecular complexity index is 593. The van der Waals surface area contributed by atoms with E-state index >= 15 is 0 Å². The molecule has 24 heavy (non-hydrogen) atoms. The van der Waals surface area contributed by atoms with E-state index in [0.29, 0.717) is 6.54 Å². The first-order valence-corrected chi connectivity index (χ1v) is 8.60. The van der Waals surface area contributed by atoms with E-state index in [1.165, 1.54) is 0 Å². The SMILES string of the molecule is COc1c(C)ccc(NC2CCCN(C(=O)OC(C)(C)C)C2)c1C. The zero-order valence-corrected chi connectivity index (χ0v) is 15.7. The largest absolute Gasteiger partial charge is 0.496 e. The number of amides is 1. The van der Waals surface area contributed by atoms with Crippen molar-refractivity contribution in [3.05, 3.63) is 23.3 Å². The number of likely N-dealkylation sites (tertiary alicyclic amines) is 1. The molecule has 0 bridgehead atoms. The number of methoxy groups -OCH3 is 1. The van der Waals surface area contributed by atoms with Crippen LogP contribution in [0.5, 0.6) is 5.75 Å². The minimum Gasteiger partial charge on any atom is -0.496 e. The van der Waals surface area contributed by atoms with E-state index in [0.717, 1.165) is 42.0 Å². The Morgan fingerprint density at radius 1 is 1.29 bits per heavy atom. The maximum Gasteiger partial charge on any atom is 0.410 e. The van der Waals surface area contributed by atoms with E-state index in [1.54, 1.807) is 12.0 Å². The third-order valence-electron chi connectivity index (χ3n) is 4.24. The molecule has 0 spiro atoms. The summed E-state index contributed by atoms with van der Waals surface area (Å²) in [6, 6.07) is 4.36. The van der Waals surface area contributed by atoms with Gasteiger partial charge in [0.25, 0.3) is 0 Å². The maximum atomic E-state index is 12.3. The van der Waals surface area contributed by atoms with E-state index in [2.05, 4.69) is 24.4 Å². The molecule has 5 heteroatoms. The van der Waals surface area contributed by atoms with Crippen molar-refractivity contribution in [1.82, 2.24) is 4.90 Å². The number of hydrogen-bond acceptors (Lipinski definition) is 4. The molecule has 1 fully saturated rings. The van der Waals surface area contributed by atoms with Crippen molar-refractivity contribution in [3.8, 4) is 5.75 Å². The van der Waals surface area contributed by atoms with E-state index in [9.17, 15) is 4.79 Å². The van der Waals surface area contributed by atoms with Gasteiger partial charge in [-0.05, 0) is 59.1 Å². The monoisotopic (exact) mass is 334 g/mol. The quantitative estimate of drug-likeness (QED) is 0.903. The third kappa shape index (κ3) is 4.56. The first kappa shape index (κ1) is 18.4. The molecule has 0 aromatic heterocycles. The highest BCUT2D eigenvalue weighted by Gasteiger charge is 2.27. The fourth-order valence-electron chi connectivity index (χ4n) is 3.10. The first-order valence-electron chi connectivity index (χ1n) is 8.60. The smallest absolute Gasteiger partial charge is 0.410 e.